The fraction of sp³-hybridized carbons (Fsp3) is 0.0952. The molecule has 0 aliphatic carbocycles. The summed E-state index contributed by atoms with van der Waals surface area (Å²) < 4.78 is 20.9. The normalized spacial score (nSPS) is 11.3. The summed E-state index contributed by atoms with van der Waals surface area (Å²) in [6.07, 6.45) is 2.43. The Bertz CT molecular complexity index is 1130. The summed E-state index contributed by atoms with van der Waals surface area (Å²) >= 11 is 0. The van der Waals surface area contributed by atoms with Gasteiger partial charge in [-0.15, -0.1) is 0 Å². The van der Waals surface area contributed by atoms with E-state index in [1.807, 2.05) is 0 Å². The second kappa shape index (κ2) is 8.30. The van der Waals surface area contributed by atoms with Crippen molar-refractivity contribution in [1.82, 2.24) is 9.13 Å². The molecular formula is C21H17FN2O4. The van der Waals surface area contributed by atoms with E-state index in [9.17, 15) is 18.8 Å². The van der Waals surface area contributed by atoms with Crippen LogP contribution in [0.25, 0.3) is 6.08 Å². The number of carbonyl (C=O) groups is 1. The number of carbonyl (C=O) groups excluding carboxylic acids is 1. The molecule has 142 valence electrons. The van der Waals surface area contributed by atoms with Crippen LogP contribution in [0.2, 0.25) is 0 Å². The molecule has 3 aromatic rings. The number of hydrogen-bond acceptors (Lipinski definition) is 4. The Labute approximate surface area is 159 Å². The number of nitrogens with zero attached hydrogens (tertiary/aromatic N) is 2. The van der Waals surface area contributed by atoms with E-state index in [4.69, 9.17) is 4.74 Å². The van der Waals surface area contributed by atoms with Gasteiger partial charge in [-0.25, -0.2) is 9.18 Å². The third kappa shape index (κ3) is 4.15. The predicted octanol–water partition coefficient (Wildman–Crippen LogP) is 2.72. The number of benzene rings is 2. The zero-order valence-corrected chi connectivity index (χ0v) is 15.0. The van der Waals surface area contributed by atoms with Gasteiger partial charge < -0.3 is 4.74 Å². The van der Waals surface area contributed by atoms with Crippen LogP contribution in [-0.4, -0.2) is 22.2 Å². The van der Waals surface area contributed by atoms with Crippen LogP contribution in [0.5, 0.6) is 5.75 Å². The number of aromatic nitrogens is 2. The molecule has 28 heavy (non-hydrogen) atoms. The van der Waals surface area contributed by atoms with Gasteiger partial charge in [0.2, 0.25) is 0 Å². The lowest BCUT2D eigenvalue weighted by Gasteiger charge is -2.08. The van der Waals surface area contributed by atoms with Gasteiger partial charge in [-0.2, -0.15) is 4.57 Å². The Hall–Kier alpha value is -3.74. The second-order valence-corrected chi connectivity index (χ2v) is 5.94. The average molecular weight is 380 g/mol. The maximum Gasteiger partial charge on any atom is 0.338 e. The molecule has 1 heterocycles. The topological polar surface area (TPSA) is 70.3 Å². The third-order valence-electron chi connectivity index (χ3n) is 4.04. The highest BCUT2D eigenvalue weighted by atomic mass is 19.1. The number of hydrogen-bond donors (Lipinski definition) is 0. The van der Waals surface area contributed by atoms with Crippen molar-refractivity contribution >= 4 is 12.0 Å². The van der Waals surface area contributed by atoms with Gasteiger partial charge >= 0.3 is 5.69 Å². The molecule has 2 aromatic carbocycles. The molecule has 0 spiro atoms. The van der Waals surface area contributed by atoms with Crippen LogP contribution < -0.4 is 16.0 Å². The molecular weight excluding hydrogens is 363 g/mol. The smallest absolute Gasteiger partial charge is 0.338 e. The molecule has 0 unspecified atom stereocenters. The van der Waals surface area contributed by atoms with Gasteiger partial charge in [0.05, 0.1) is 13.7 Å². The Morgan fingerprint density at radius 3 is 2.36 bits per heavy atom. The molecule has 0 atom stereocenters. The lowest BCUT2D eigenvalue weighted by molar-refractivity contribution is 0.0948. The van der Waals surface area contributed by atoms with Crippen LogP contribution in [0.3, 0.4) is 0 Å². The molecule has 0 N–H and O–H groups in total. The first-order chi connectivity index (χ1) is 13.5. The Kier molecular flexibility index (Phi) is 5.64. The van der Waals surface area contributed by atoms with Gasteiger partial charge in [0.15, 0.2) is 0 Å². The fourth-order valence-electron chi connectivity index (χ4n) is 2.62. The SMILES string of the molecule is COc1ccc(/C=C(\F)Cn2ccc(=O)n(C(=O)c3ccccc3)c2=O)cc1. The van der Waals surface area contributed by atoms with Crippen molar-refractivity contribution in [3.05, 3.63) is 105 Å². The number of allylic oxidation sites excluding steroid dienone is 1. The van der Waals surface area contributed by atoms with Gasteiger partial charge in [0.1, 0.15) is 11.6 Å². The Morgan fingerprint density at radius 1 is 1.04 bits per heavy atom. The summed E-state index contributed by atoms with van der Waals surface area (Å²) in [6, 6.07) is 15.7. The molecule has 0 fully saturated rings. The van der Waals surface area contributed by atoms with Crippen LogP contribution in [-0.2, 0) is 6.54 Å². The first-order valence-corrected chi connectivity index (χ1v) is 8.42. The van der Waals surface area contributed by atoms with Crippen LogP contribution in [0.1, 0.15) is 15.9 Å². The van der Waals surface area contributed by atoms with E-state index < -0.39 is 29.5 Å². The van der Waals surface area contributed by atoms with Crippen molar-refractivity contribution in [2.45, 2.75) is 6.54 Å². The molecule has 0 amide bonds. The molecule has 0 aliphatic rings. The minimum absolute atomic E-state index is 0.189. The van der Waals surface area contributed by atoms with Crippen LogP contribution in [0.4, 0.5) is 4.39 Å². The first kappa shape index (κ1) is 19.0. The summed E-state index contributed by atoms with van der Waals surface area (Å²) in [4.78, 5) is 37.1. The summed E-state index contributed by atoms with van der Waals surface area (Å²) in [5, 5.41) is 0. The molecule has 7 heteroatoms. The van der Waals surface area contributed by atoms with Gasteiger partial charge in [0.25, 0.3) is 11.5 Å². The maximum absolute atomic E-state index is 14.4. The second-order valence-electron chi connectivity index (χ2n) is 5.94. The van der Waals surface area contributed by atoms with Gasteiger partial charge in [-0.05, 0) is 35.9 Å². The van der Waals surface area contributed by atoms with E-state index in [1.165, 1.54) is 31.5 Å². The van der Waals surface area contributed by atoms with Crippen molar-refractivity contribution in [3.8, 4) is 5.75 Å². The monoisotopic (exact) mass is 380 g/mol. The number of ether oxygens (including phenoxy) is 1. The maximum atomic E-state index is 14.4. The fourth-order valence-corrected chi connectivity index (χ4v) is 2.62. The first-order valence-electron chi connectivity index (χ1n) is 8.42. The van der Waals surface area contributed by atoms with Crippen LogP contribution in [0, 0.1) is 0 Å². The highest BCUT2D eigenvalue weighted by Gasteiger charge is 2.15. The van der Waals surface area contributed by atoms with E-state index in [2.05, 4.69) is 0 Å². The molecule has 0 saturated carbocycles. The van der Waals surface area contributed by atoms with E-state index in [1.54, 1.807) is 42.5 Å². The van der Waals surface area contributed by atoms with E-state index in [-0.39, 0.29) is 5.56 Å². The standard InChI is InChI=1S/C21H17FN2O4/c1-28-18-9-7-15(8-10-18)13-17(22)14-23-12-11-19(25)24(21(23)27)20(26)16-5-3-2-4-6-16/h2-13H,14H2,1H3/b17-13-. The summed E-state index contributed by atoms with van der Waals surface area (Å²) in [6.45, 7) is -0.410. The summed E-state index contributed by atoms with van der Waals surface area (Å²) in [5.41, 5.74) is -0.900. The number of rotatable bonds is 5. The van der Waals surface area contributed by atoms with E-state index >= 15 is 0 Å². The summed E-state index contributed by atoms with van der Waals surface area (Å²) in [5.74, 6) is -0.727. The highest BCUT2D eigenvalue weighted by Crippen LogP contribution is 2.15. The van der Waals surface area contributed by atoms with Gasteiger partial charge in [0, 0.05) is 17.8 Å². The Balaban J connectivity index is 1.91. The van der Waals surface area contributed by atoms with Gasteiger partial charge in [-0.1, -0.05) is 30.3 Å². The molecule has 3 rings (SSSR count). The zero-order chi connectivity index (χ0) is 20.1. The quantitative estimate of drug-likeness (QED) is 0.682. The summed E-state index contributed by atoms with van der Waals surface area (Å²) in [7, 11) is 1.53. The molecule has 6 nitrogen and oxygen atoms in total. The molecule has 0 bridgehead atoms. The van der Waals surface area contributed by atoms with Crippen LogP contribution in [0.15, 0.2) is 82.3 Å². The lowest BCUT2D eigenvalue weighted by atomic mass is 10.2. The molecule has 0 saturated heterocycles. The van der Waals surface area contributed by atoms with Crippen molar-refractivity contribution in [2.24, 2.45) is 0 Å². The zero-order valence-electron chi connectivity index (χ0n) is 15.0. The van der Waals surface area contributed by atoms with Crippen molar-refractivity contribution in [2.75, 3.05) is 7.11 Å². The largest absolute Gasteiger partial charge is 0.497 e. The molecule has 0 aliphatic heterocycles. The van der Waals surface area contributed by atoms with Crippen molar-refractivity contribution in [3.63, 3.8) is 0 Å². The predicted molar refractivity (Wildman–Crippen MR) is 103 cm³/mol. The van der Waals surface area contributed by atoms with Crippen molar-refractivity contribution in [1.29, 1.82) is 0 Å². The molecule has 0 radical (unpaired) electrons. The van der Waals surface area contributed by atoms with E-state index in [0.29, 0.717) is 15.9 Å². The lowest BCUT2D eigenvalue weighted by Crippen LogP contribution is -2.43. The van der Waals surface area contributed by atoms with E-state index in [0.717, 1.165) is 10.6 Å². The third-order valence-corrected chi connectivity index (χ3v) is 4.04. The number of methoxy groups -OCH3 is 1. The van der Waals surface area contributed by atoms with Crippen molar-refractivity contribution < 1.29 is 13.9 Å². The van der Waals surface area contributed by atoms with Gasteiger partial charge in [-0.3, -0.25) is 14.2 Å². The average Bonchev–Trinajstić information content (AvgIpc) is 2.71. The highest BCUT2D eigenvalue weighted by molar-refractivity contribution is 5.95. The number of halogens is 1. The minimum Gasteiger partial charge on any atom is -0.497 e. The Morgan fingerprint density at radius 2 is 1.71 bits per heavy atom. The van der Waals surface area contributed by atoms with Crippen LogP contribution >= 0.6 is 0 Å². The minimum atomic E-state index is -0.903. The molecule has 1 aromatic heterocycles.